The van der Waals surface area contributed by atoms with Crippen molar-refractivity contribution in [1.29, 1.82) is 0 Å². The van der Waals surface area contributed by atoms with Crippen LogP contribution < -0.4 is 10.0 Å². The number of para-hydroxylation sites is 1. The van der Waals surface area contributed by atoms with Crippen molar-refractivity contribution in [1.82, 2.24) is 0 Å². The number of benzene rings is 2. The fourth-order valence-corrected chi connectivity index (χ4v) is 4.55. The molecule has 1 atom stereocenters. The van der Waals surface area contributed by atoms with Gasteiger partial charge < -0.3 is 12.7 Å². The number of nitrogens with two attached hydrogens (primary N) is 1. The Bertz CT molecular complexity index is 842. The summed E-state index contributed by atoms with van der Waals surface area (Å²) in [4.78, 5) is 0.163. The van der Waals surface area contributed by atoms with E-state index in [9.17, 15) is 8.42 Å². The number of nitrogens with zero attached hydrogens (tertiary/aromatic N) is 1. The van der Waals surface area contributed by atoms with Crippen LogP contribution in [-0.2, 0) is 28.6 Å². The number of unbranched alkanes of at least 4 members (excludes halogenated alkanes) is 2. The molecule has 0 saturated carbocycles. The summed E-state index contributed by atoms with van der Waals surface area (Å²) in [5.41, 5.74) is 8.19. The van der Waals surface area contributed by atoms with E-state index in [2.05, 4.69) is 20.8 Å². The van der Waals surface area contributed by atoms with Crippen LogP contribution in [0.3, 0.4) is 0 Å². The van der Waals surface area contributed by atoms with Crippen molar-refractivity contribution < 1.29 is 27.0 Å². The molecule has 0 spiro atoms. The van der Waals surface area contributed by atoms with E-state index in [1.807, 2.05) is 12.1 Å². The predicted octanol–water partition coefficient (Wildman–Crippen LogP) is 5.56. The zero-order valence-electron chi connectivity index (χ0n) is 17.0. The van der Waals surface area contributed by atoms with Crippen LogP contribution in [0.5, 0.6) is 0 Å². The molecular weight excluding hydrogens is 431 g/mol. The van der Waals surface area contributed by atoms with Crippen molar-refractivity contribution in [3.8, 4) is 0 Å². The summed E-state index contributed by atoms with van der Waals surface area (Å²) in [6, 6.07) is 11.5. The van der Waals surface area contributed by atoms with Gasteiger partial charge in [-0.2, -0.15) is 6.92 Å². The van der Waals surface area contributed by atoms with Crippen LogP contribution in [0, 0.1) is 6.92 Å². The molecule has 2 aromatic rings. The van der Waals surface area contributed by atoms with Crippen LogP contribution in [0.25, 0.3) is 0 Å². The third kappa shape index (κ3) is 6.01. The quantitative estimate of drug-likeness (QED) is 0.596. The molecule has 7 heteroatoms. The third-order valence-electron chi connectivity index (χ3n) is 4.27. The van der Waals surface area contributed by atoms with Gasteiger partial charge in [0, 0.05) is 30.6 Å². The average Bonchev–Trinajstić information content (AvgIpc) is 2.74. The fraction of sp³-hybridized carbons (Fsp3) is 0.381. The smallest absolute Gasteiger partial charge is 0.264 e. The second-order valence-corrected chi connectivity index (χ2v) is 8.42. The standard InChI is InChI=1S/C14H13ClN2O2S.C5H12.C2H5.V/c1-17-12-5-3-2-4-10(12)14(16)11-7-6-9(15)8-13(11)20(17,18)19;1-3-5-4-2;1-2;/h2-8,14H,16H2,1H3;3-5H2,1-2H3;1H2,2H3;/q;;-1;. The van der Waals surface area contributed by atoms with E-state index in [1.54, 1.807) is 31.2 Å². The van der Waals surface area contributed by atoms with Gasteiger partial charge in [-0.05, 0) is 29.3 Å². The minimum Gasteiger partial charge on any atom is -0.346 e. The predicted molar refractivity (Wildman–Crippen MR) is 116 cm³/mol. The Hall–Kier alpha value is -0.976. The summed E-state index contributed by atoms with van der Waals surface area (Å²) in [7, 11) is -2.13. The number of sulfonamides is 1. The Morgan fingerprint density at radius 3 is 2.18 bits per heavy atom. The topological polar surface area (TPSA) is 63.4 Å². The second kappa shape index (κ2) is 12.6. The second-order valence-electron chi connectivity index (χ2n) is 6.04. The summed E-state index contributed by atoms with van der Waals surface area (Å²) in [6.07, 6.45) is 4.08. The molecule has 155 valence electrons. The number of anilines is 1. The van der Waals surface area contributed by atoms with Crippen molar-refractivity contribution in [2.75, 3.05) is 11.4 Å². The molecule has 1 heterocycles. The van der Waals surface area contributed by atoms with Crippen LogP contribution in [-0.4, -0.2) is 15.5 Å². The molecule has 1 radical (unpaired) electrons. The number of halogens is 1. The van der Waals surface area contributed by atoms with E-state index in [0.717, 1.165) is 5.56 Å². The maximum Gasteiger partial charge on any atom is 0.264 e. The Kier molecular flexibility index (Phi) is 12.1. The maximum absolute atomic E-state index is 12.7. The Morgan fingerprint density at radius 2 is 1.64 bits per heavy atom. The van der Waals surface area contributed by atoms with Crippen molar-refractivity contribution in [3.05, 3.63) is 65.5 Å². The van der Waals surface area contributed by atoms with E-state index in [1.165, 1.54) is 36.7 Å². The van der Waals surface area contributed by atoms with Crippen molar-refractivity contribution in [2.45, 2.75) is 51.0 Å². The van der Waals surface area contributed by atoms with Gasteiger partial charge >= 0.3 is 0 Å². The van der Waals surface area contributed by atoms with Crippen LogP contribution in [0.4, 0.5) is 5.69 Å². The summed E-state index contributed by atoms with van der Waals surface area (Å²) in [5, 5.41) is 0.374. The molecule has 0 fully saturated rings. The van der Waals surface area contributed by atoms with E-state index in [-0.39, 0.29) is 23.5 Å². The maximum atomic E-state index is 12.7. The zero-order valence-corrected chi connectivity index (χ0v) is 20.0. The van der Waals surface area contributed by atoms with Crippen molar-refractivity contribution in [2.24, 2.45) is 5.73 Å². The molecule has 0 amide bonds. The molecule has 3 rings (SSSR count). The van der Waals surface area contributed by atoms with Crippen molar-refractivity contribution >= 4 is 27.3 Å². The first-order chi connectivity index (χ1) is 12.8. The van der Waals surface area contributed by atoms with E-state index in [0.29, 0.717) is 16.3 Å². The van der Waals surface area contributed by atoms with Gasteiger partial charge in [0.25, 0.3) is 10.0 Å². The molecule has 1 aliphatic rings. The van der Waals surface area contributed by atoms with Crippen LogP contribution in [0.1, 0.15) is 57.2 Å². The van der Waals surface area contributed by atoms with Gasteiger partial charge in [-0.25, -0.2) is 8.42 Å². The molecule has 28 heavy (non-hydrogen) atoms. The van der Waals surface area contributed by atoms with Crippen molar-refractivity contribution in [3.63, 3.8) is 0 Å². The number of fused-ring (bicyclic) bond motifs is 2. The summed E-state index contributed by atoms with van der Waals surface area (Å²) in [6.45, 7) is 9.42. The van der Waals surface area contributed by atoms with Crippen LogP contribution >= 0.6 is 11.6 Å². The molecule has 0 saturated heterocycles. The molecule has 0 aliphatic carbocycles. The molecule has 0 aromatic heterocycles. The summed E-state index contributed by atoms with van der Waals surface area (Å²) >= 11 is 5.94. The fourth-order valence-electron chi connectivity index (χ4n) is 2.82. The first-order valence-corrected chi connectivity index (χ1v) is 11.0. The van der Waals surface area contributed by atoms with E-state index >= 15 is 0 Å². The monoisotopic (exact) mass is 460 g/mol. The van der Waals surface area contributed by atoms with Gasteiger partial charge in [-0.15, -0.1) is 0 Å². The van der Waals surface area contributed by atoms with Gasteiger partial charge in [-0.1, -0.05) is 69.0 Å². The Labute approximate surface area is 187 Å². The minimum atomic E-state index is -3.66. The third-order valence-corrected chi connectivity index (χ3v) is 6.33. The number of rotatable bonds is 2. The van der Waals surface area contributed by atoms with E-state index < -0.39 is 16.1 Å². The normalized spacial score (nSPS) is 16.0. The molecule has 0 bridgehead atoms. The van der Waals surface area contributed by atoms with E-state index in [4.69, 9.17) is 17.3 Å². The molecule has 2 N–H and O–H groups in total. The summed E-state index contributed by atoms with van der Waals surface area (Å²) < 4.78 is 26.6. The first kappa shape index (κ1) is 27.0. The van der Waals surface area contributed by atoms with Gasteiger partial charge in [0.15, 0.2) is 0 Å². The molecule has 2 aromatic carbocycles. The SMILES string of the molecule is CCCCC.CN1c2ccccc2C(N)c2ccc(Cl)cc2S1(=O)=O.[CH2-]C.[V]. The Balaban J connectivity index is 0.000000800. The molecular formula is C21H30ClN2O2SV-. The minimum absolute atomic E-state index is 0. The average molecular weight is 461 g/mol. The molecule has 1 unspecified atom stereocenters. The molecule has 4 nitrogen and oxygen atoms in total. The largest absolute Gasteiger partial charge is 0.346 e. The van der Waals surface area contributed by atoms with Crippen LogP contribution in [0.2, 0.25) is 5.02 Å². The van der Waals surface area contributed by atoms with Gasteiger partial charge in [0.1, 0.15) is 0 Å². The number of hydrogen-bond acceptors (Lipinski definition) is 3. The van der Waals surface area contributed by atoms with Gasteiger partial charge in [0.05, 0.1) is 16.6 Å². The first-order valence-electron chi connectivity index (χ1n) is 9.18. The van der Waals surface area contributed by atoms with Gasteiger partial charge in [0.2, 0.25) is 0 Å². The zero-order chi connectivity index (χ0) is 20.6. The Morgan fingerprint density at radius 1 is 1.07 bits per heavy atom. The number of hydrogen-bond donors (Lipinski definition) is 1. The summed E-state index contributed by atoms with van der Waals surface area (Å²) in [5.74, 6) is 0. The van der Waals surface area contributed by atoms with Crippen LogP contribution in [0.15, 0.2) is 47.4 Å². The molecule has 1 aliphatic heterocycles. The van der Waals surface area contributed by atoms with Gasteiger partial charge in [-0.3, -0.25) is 4.31 Å².